The summed E-state index contributed by atoms with van der Waals surface area (Å²) in [5, 5.41) is 5.67. The van der Waals surface area contributed by atoms with Crippen molar-refractivity contribution in [3.05, 3.63) is 95.3 Å². The molecule has 1 saturated heterocycles. The van der Waals surface area contributed by atoms with Crippen LogP contribution >= 0.6 is 0 Å². The number of rotatable bonds is 9. The summed E-state index contributed by atoms with van der Waals surface area (Å²) in [5.74, 6) is -0.538. The van der Waals surface area contributed by atoms with Crippen molar-refractivity contribution in [1.82, 2.24) is 5.32 Å². The molecule has 0 aromatic heterocycles. The van der Waals surface area contributed by atoms with Crippen LogP contribution in [0.5, 0.6) is 0 Å². The molecule has 3 aromatic rings. The Labute approximate surface area is 211 Å². The summed E-state index contributed by atoms with van der Waals surface area (Å²) in [6.45, 7) is 2.49. The van der Waals surface area contributed by atoms with Gasteiger partial charge in [0.15, 0.2) is 0 Å². The Morgan fingerprint density at radius 3 is 2.47 bits per heavy atom. The quantitative estimate of drug-likeness (QED) is 0.419. The number of nitrogens with one attached hydrogen (secondary N) is 2. The van der Waals surface area contributed by atoms with E-state index in [4.69, 9.17) is 4.74 Å². The lowest BCUT2D eigenvalue weighted by Crippen LogP contribution is -2.36. The number of carbonyl (C=O) groups excluding carboxylic acids is 2. The van der Waals surface area contributed by atoms with Crippen LogP contribution in [0.1, 0.15) is 39.1 Å². The lowest BCUT2D eigenvalue weighted by atomic mass is 9.89. The molecule has 0 saturated carbocycles. The van der Waals surface area contributed by atoms with Gasteiger partial charge in [-0.05, 0) is 67.1 Å². The van der Waals surface area contributed by atoms with E-state index in [2.05, 4.69) is 39.8 Å². The number of methoxy groups -OCH3 is 1. The van der Waals surface area contributed by atoms with Crippen LogP contribution in [0.4, 0.5) is 15.8 Å². The molecule has 2 amide bonds. The Morgan fingerprint density at radius 2 is 1.75 bits per heavy atom. The molecule has 1 aliphatic rings. The molecule has 1 aliphatic heterocycles. The second-order valence-corrected chi connectivity index (χ2v) is 9.07. The minimum absolute atomic E-state index is 0.214. The summed E-state index contributed by atoms with van der Waals surface area (Å²) < 4.78 is 18.6. The largest absolute Gasteiger partial charge is 0.383 e. The zero-order chi connectivity index (χ0) is 25.3. The van der Waals surface area contributed by atoms with Gasteiger partial charge in [-0.3, -0.25) is 9.59 Å². The van der Waals surface area contributed by atoms with Gasteiger partial charge in [-0.25, -0.2) is 4.39 Å². The monoisotopic (exact) mass is 489 g/mol. The first kappa shape index (κ1) is 25.4. The lowest BCUT2D eigenvalue weighted by Gasteiger charge is -2.35. The van der Waals surface area contributed by atoms with Crippen molar-refractivity contribution in [2.24, 2.45) is 5.92 Å². The molecule has 7 heteroatoms. The maximum Gasteiger partial charge on any atom is 0.255 e. The van der Waals surface area contributed by atoms with E-state index in [1.807, 2.05) is 12.1 Å². The second kappa shape index (κ2) is 12.3. The van der Waals surface area contributed by atoms with Crippen molar-refractivity contribution in [2.45, 2.75) is 19.3 Å². The van der Waals surface area contributed by atoms with Crippen LogP contribution in [-0.2, 0) is 11.2 Å². The van der Waals surface area contributed by atoms with Crippen LogP contribution in [-0.4, -0.2) is 45.2 Å². The fourth-order valence-corrected chi connectivity index (χ4v) is 4.59. The Balaban J connectivity index is 1.49. The molecule has 1 fully saturated rings. The van der Waals surface area contributed by atoms with Crippen molar-refractivity contribution in [2.75, 3.05) is 43.6 Å². The van der Waals surface area contributed by atoms with Crippen LogP contribution < -0.4 is 15.5 Å². The first-order valence-electron chi connectivity index (χ1n) is 12.3. The molecular formula is C29H32FN3O3. The molecule has 1 heterocycles. The number of amides is 2. The fraction of sp³-hybridized carbons (Fsp3) is 0.310. The van der Waals surface area contributed by atoms with Gasteiger partial charge in [-0.15, -0.1) is 0 Å². The van der Waals surface area contributed by atoms with Crippen LogP contribution in [0, 0.1) is 11.7 Å². The number of benzene rings is 3. The Morgan fingerprint density at radius 1 is 0.972 bits per heavy atom. The number of piperidine rings is 1. The first-order valence-corrected chi connectivity index (χ1v) is 12.3. The van der Waals surface area contributed by atoms with E-state index in [-0.39, 0.29) is 11.5 Å². The van der Waals surface area contributed by atoms with Crippen molar-refractivity contribution in [1.29, 1.82) is 0 Å². The van der Waals surface area contributed by atoms with Gasteiger partial charge in [0.25, 0.3) is 11.8 Å². The molecule has 6 nitrogen and oxygen atoms in total. The maximum absolute atomic E-state index is 13.5. The van der Waals surface area contributed by atoms with Crippen molar-refractivity contribution >= 4 is 23.2 Å². The molecule has 0 bridgehead atoms. The van der Waals surface area contributed by atoms with Crippen LogP contribution in [0.15, 0.2) is 72.8 Å². The van der Waals surface area contributed by atoms with E-state index in [9.17, 15) is 14.0 Å². The molecule has 0 radical (unpaired) electrons. The van der Waals surface area contributed by atoms with Crippen molar-refractivity contribution in [3.63, 3.8) is 0 Å². The Hall–Kier alpha value is -3.71. The molecular weight excluding hydrogens is 457 g/mol. The minimum Gasteiger partial charge on any atom is -0.383 e. The number of carbonyl (C=O) groups is 2. The summed E-state index contributed by atoms with van der Waals surface area (Å²) in [6, 6.07) is 21.4. The molecule has 188 valence electrons. The summed E-state index contributed by atoms with van der Waals surface area (Å²) in [6.07, 6.45) is 3.14. The third-order valence-electron chi connectivity index (χ3n) is 6.50. The van der Waals surface area contributed by atoms with E-state index in [0.29, 0.717) is 30.3 Å². The average molecular weight is 490 g/mol. The highest BCUT2D eigenvalue weighted by Gasteiger charge is 2.24. The smallest absolute Gasteiger partial charge is 0.255 e. The number of hydrogen-bond acceptors (Lipinski definition) is 4. The molecule has 2 N–H and O–H groups in total. The highest BCUT2D eigenvalue weighted by Crippen LogP contribution is 2.30. The van der Waals surface area contributed by atoms with Crippen LogP contribution in [0.2, 0.25) is 0 Å². The van der Waals surface area contributed by atoms with Crippen molar-refractivity contribution < 1.29 is 18.7 Å². The standard InChI is InChI=1S/C29H32FN3O3/c1-36-17-14-31-29(35)26-20-25(32-28(34)23-8-5-9-24(30)19-23)10-11-27(26)33-15-12-22(13-16-33)18-21-6-3-2-4-7-21/h2-11,19-20,22H,12-18H2,1H3,(H,31,35)(H,32,34). The summed E-state index contributed by atoms with van der Waals surface area (Å²) in [7, 11) is 1.58. The van der Waals surface area contributed by atoms with Gasteiger partial charge in [0, 0.05) is 43.7 Å². The highest BCUT2D eigenvalue weighted by atomic mass is 19.1. The molecule has 3 aromatic carbocycles. The number of anilines is 2. The average Bonchev–Trinajstić information content (AvgIpc) is 2.90. The number of hydrogen-bond donors (Lipinski definition) is 2. The van der Waals surface area contributed by atoms with Gasteiger partial charge in [0.2, 0.25) is 0 Å². The topological polar surface area (TPSA) is 70.7 Å². The minimum atomic E-state index is -0.480. The van der Waals surface area contributed by atoms with Gasteiger partial charge in [0.05, 0.1) is 12.2 Å². The van der Waals surface area contributed by atoms with Gasteiger partial charge in [-0.1, -0.05) is 36.4 Å². The fourth-order valence-electron chi connectivity index (χ4n) is 4.59. The highest BCUT2D eigenvalue weighted by molar-refractivity contribution is 6.06. The molecule has 0 atom stereocenters. The zero-order valence-electron chi connectivity index (χ0n) is 20.5. The summed E-state index contributed by atoms with van der Waals surface area (Å²) in [5.41, 5.74) is 3.37. The van der Waals surface area contributed by atoms with Gasteiger partial charge in [0.1, 0.15) is 5.82 Å². The van der Waals surface area contributed by atoms with E-state index in [0.717, 1.165) is 38.0 Å². The number of ether oxygens (including phenoxy) is 1. The SMILES string of the molecule is COCCNC(=O)c1cc(NC(=O)c2cccc(F)c2)ccc1N1CCC(Cc2ccccc2)CC1. The molecule has 0 spiro atoms. The van der Waals surface area contributed by atoms with E-state index in [1.165, 1.54) is 23.8 Å². The van der Waals surface area contributed by atoms with Gasteiger partial charge in [-0.2, -0.15) is 0 Å². The first-order chi connectivity index (χ1) is 17.5. The summed E-state index contributed by atoms with van der Waals surface area (Å²) >= 11 is 0. The normalized spacial score (nSPS) is 13.9. The molecule has 36 heavy (non-hydrogen) atoms. The molecule has 0 unspecified atom stereocenters. The third-order valence-corrected chi connectivity index (χ3v) is 6.50. The summed E-state index contributed by atoms with van der Waals surface area (Å²) in [4.78, 5) is 28.0. The zero-order valence-corrected chi connectivity index (χ0v) is 20.5. The van der Waals surface area contributed by atoms with E-state index < -0.39 is 11.7 Å². The number of halogens is 1. The molecule has 0 aliphatic carbocycles. The predicted octanol–water partition coefficient (Wildman–Crippen LogP) is 4.91. The Kier molecular flexibility index (Phi) is 8.68. The van der Waals surface area contributed by atoms with E-state index >= 15 is 0 Å². The lowest BCUT2D eigenvalue weighted by molar-refractivity contribution is 0.0936. The third kappa shape index (κ3) is 6.70. The van der Waals surface area contributed by atoms with Crippen LogP contribution in [0.3, 0.4) is 0 Å². The molecule has 4 rings (SSSR count). The van der Waals surface area contributed by atoms with E-state index in [1.54, 1.807) is 25.3 Å². The number of nitrogens with zero attached hydrogens (tertiary/aromatic N) is 1. The maximum atomic E-state index is 13.5. The Bertz CT molecular complexity index is 1180. The van der Waals surface area contributed by atoms with Gasteiger partial charge >= 0.3 is 0 Å². The van der Waals surface area contributed by atoms with Crippen LogP contribution in [0.25, 0.3) is 0 Å². The van der Waals surface area contributed by atoms with Crippen molar-refractivity contribution in [3.8, 4) is 0 Å². The van der Waals surface area contributed by atoms with Gasteiger partial charge < -0.3 is 20.3 Å². The second-order valence-electron chi connectivity index (χ2n) is 9.07. The predicted molar refractivity (Wildman–Crippen MR) is 140 cm³/mol.